The summed E-state index contributed by atoms with van der Waals surface area (Å²) in [7, 11) is -3.81. The van der Waals surface area contributed by atoms with E-state index >= 15 is 0 Å². The lowest BCUT2D eigenvalue weighted by atomic mass is 10.0. The summed E-state index contributed by atoms with van der Waals surface area (Å²) in [6.07, 6.45) is -7.08. The average Bonchev–Trinajstić information content (AvgIpc) is 3.18. The van der Waals surface area contributed by atoms with E-state index in [0.29, 0.717) is 31.9 Å². The molecule has 2 aromatic rings. The summed E-state index contributed by atoms with van der Waals surface area (Å²) in [5.41, 5.74) is 0.670. The molecule has 2 heterocycles. The molecule has 8 nitrogen and oxygen atoms in total. The molecule has 0 radical (unpaired) electrons. The number of rotatable bonds is 7. The minimum Gasteiger partial charge on any atom is -0.394 e. The van der Waals surface area contributed by atoms with Crippen LogP contribution >= 0.6 is 0 Å². The van der Waals surface area contributed by atoms with E-state index in [1.165, 1.54) is 18.2 Å². The number of alkyl halides is 3. The fraction of sp³-hybridized carbons (Fsp3) is 0.500. The fourth-order valence-electron chi connectivity index (χ4n) is 4.75. The van der Waals surface area contributed by atoms with E-state index in [0.717, 1.165) is 17.7 Å². The van der Waals surface area contributed by atoms with Gasteiger partial charge in [0.25, 0.3) is 0 Å². The number of benzene rings is 2. The predicted octanol–water partition coefficient (Wildman–Crippen LogP) is 1.60. The molecule has 0 saturated carbocycles. The second kappa shape index (κ2) is 10.6. The maximum Gasteiger partial charge on any atom is 0.416 e. The molecular weight excluding hydrogens is 499 g/mol. The van der Waals surface area contributed by atoms with E-state index < -0.39 is 52.7 Å². The molecule has 4 unspecified atom stereocenters. The van der Waals surface area contributed by atoms with Crippen molar-refractivity contribution >= 4 is 15.7 Å². The van der Waals surface area contributed by atoms with Gasteiger partial charge in [0.1, 0.15) is 12.2 Å². The van der Waals surface area contributed by atoms with Gasteiger partial charge >= 0.3 is 6.18 Å². The number of nitrogens with zero attached hydrogens (tertiary/aromatic N) is 2. The Kier molecular flexibility index (Phi) is 7.93. The quantitative estimate of drug-likeness (QED) is 0.501. The van der Waals surface area contributed by atoms with Crippen molar-refractivity contribution in [3.63, 3.8) is 0 Å². The zero-order valence-electron chi connectivity index (χ0n) is 19.7. The first-order valence-corrected chi connectivity index (χ1v) is 13.1. The van der Waals surface area contributed by atoms with Crippen LogP contribution in [-0.2, 0) is 20.9 Å². The predicted molar refractivity (Wildman–Crippen MR) is 127 cm³/mol. The monoisotopic (exact) mass is 529 g/mol. The number of halogens is 3. The van der Waals surface area contributed by atoms with E-state index in [1.54, 1.807) is 18.2 Å². The van der Waals surface area contributed by atoms with Gasteiger partial charge in [-0.05, 0) is 37.3 Å². The first kappa shape index (κ1) is 26.8. The van der Waals surface area contributed by atoms with E-state index in [9.17, 15) is 31.8 Å². The van der Waals surface area contributed by atoms with Crippen molar-refractivity contribution in [2.45, 2.75) is 42.3 Å². The maximum atomic E-state index is 13.1. The molecule has 36 heavy (non-hydrogen) atoms. The van der Waals surface area contributed by atoms with Gasteiger partial charge in [0.15, 0.2) is 0 Å². The van der Waals surface area contributed by atoms with Crippen molar-refractivity contribution in [3.8, 4) is 0 Å². The number of aliphatic hydroxyl groups excluding tert-OH is 2. The second-order valence-electron chi connectivity index (χ2n) is 9.11. The van der Waals surface area contributed by atoms with Gasteiger partial charge < -0.3 is 19.8 Å². The van der Waals surface area contributed by atoms with Crippen LogP contribution in [0.4, 0.5) is 18.9 Å². The molecule has 0 bridgehead atoms. The van der Waals surface area contributed by atoms with Crippen LogP contribution in [0.3, 0.4) is 0 Å². The lowest BCUT2D eigenvalue weighted by molar-refractivity contribution is -0.137. The van der Waals surface area contributed by atoms with Gasteiger partial charge in [0, 0.05) is 38.4 Å². The number of anilines is 1. The van der Waals surface area contributed by atoms with Gasteiger partial charge in [-0.1, -0.05) is 23.8 Å². The normalized spacial score (nSPS) is 25.9. The van der Waals surface area contributed by atoms with Crippen molar-refractivity contribution in [1.29, 1.82) is 0 Å². The molecule has 2 aromatic carbocycles. The highest BCUT2D eigenvalue weighted by atomic mass is 32.2. The van der Waals surface area contributed by atoms with Gasteiger partial charge in [-0.2, -0.15) is 13.2 Å². The molecule has 0 aliphatic carbocycles. The minimum atomic E-state index is -4.43. The third kappa shape index (κ3) is 5.84. The van der Waals surface area contributed by atoms with E-state index in [2.05, 4.69) is 4.72 Å². The standard InChI is InChI=1S/C24H30F3N3O5S/c1-16-5-7-19(8-6-16)36(33,34)28-14-20-22(23(32)21(15-31)35-20)30-11-9-29(10-12-30)18-4-2-3-17(13-18)24(25,26)27/h2-8,13,20-23,28,31-32H,9-12,14-15H2,1H3. The number of ether oxygens (including phenoxy) is 1. The van der Waals surface area contributed by atoms with Crippen molar-refractivity contribution in [3.05, 3.63) is 59.7 Å². The van der Waals surface area contributed by atoms with Crippen molar-refractivity contribution in [1.82, 2.24) is 9.62 Å². The summed E-state index contributed by atoms with van der Waals surface area (Å²) in [5.74, 6) is 0. The topological polar surface area (TPSA) is 102 Å². The highest BCUT2D eigenvalue weighted by Gasteiger charge is 2.47. The molecule has 3 N–H and O–H groups in total. The average molecular weight is 530 g/mol. The van der Waals surface area contributed by atoms with Crippen LogP contribution < -0.4 is 9.62 Å². The van der Waals surface area contributed by atoms with Crippen LogP contribution in [-0.4, -0.2) is 87.2 Å². The zero-order chi connectivity index (χ0) is 26.1. The molecule has 2 aliphatic heterocycles. The molecule has 2 saturated heterocycles. The lowest BCUT2D eigenvalue weighted by Crippen LogP contribution is -2.57. The van der Waals surface area contributed by atoms with Crippen LogP contribution in [0.5, 0.6) is 0 Å². The molecule has 4 rings (SSSR count). The molecule has 2 aliphatic rings. The molecular formula is C24H30F3N3O5S. The number of nitrogens with one attached hydrogen (secondary N) is 1. The summed E-state index contributed by atoms with van der Waals surface area (Å²) >= 11 is 0. The second-order valence-corrected chi connectivity index (χ2v) is 10.9. The van der Waals surface area contributed by atoms with E-state index in [-0.39, 0.29) is 11.4 Å². The maximum absolute atomic E-state index is 13.1. The van der Waals surface area contributed by atoms with Crippen LogP contribution in [0, 0.1) is 6.92 Å². The van der Waals surface area contributed by atoms with Crippen molar-refractivity contribution in [2.24, 2.45) is 0 Å². The summed E-state index contributed by atoms with van der Waals surface area (Å²) in [6, 6.07) is 11.0. The van der Waals surface area contributed by atoms with Crippen LogP contribution in [0.1, 0.15) is 11.1 Å². The van der Waals surface area contributed by atoms with Crippen molar-refractivity contribution in [2.75, 3.05) is 44.2 Å². The molecule has 0 spiro atoms. The summed E-state index contributed by atoms with van der Waals surface area (Å²) in [6.45, 7) is 2.98. The largest absolute Gasteiger partial charge is 0.416 e. The summed E-state index contributed by atoms with van der Waals surface area (Å²) < 4.78 is 73.1. The van der Waals surface area contributed by atoms with Gasteiger partial charge in [0.2, 0.25) is 10.0 Å². The number of piperazine rings is 1. The summed E-state index contributed by atoms with van der Waals surface area (Å²) in [5, 5.41) is 20.5. The Morgan fingerprint density at radius 2 is 1.72 bits per heavy atom. The number of sulfonamides is 1. The van der Waals surface area contributed by atoms with Gasteiger partial charge in [0.05, 0.1) is 29.2 Å². The first-order chi connectivity index (χ1) is 17.0. The number of hydrogen-bond acceptors (Lipinski definition) is 7. The first-order valence-electron chi connectivity index (χ1n) is 11.7. The Balaban J connectivity index is 1.43. The number of hydrogen-bond donors (Lipinski definition) is 3. The van der Waals surface area contributed by atoms with Crippen LogP contribution in [0.15, 0.2) is 53.4 Å². The Labute approximate surface area is 208 Å². The number of aryl methyl sites for hydroxylation is 1. The highest BCUT2D eigenvalue weighted by Crippen LogP contribution is 2.33. The molecule has 4 atom stereocenters. The third-order valence-corrected chi connectivity index (χ3v) is 8.16. The van der Waals surface area contributed by atoms with Gasteiger partial charge in [-0.25, -0.2) is 13.1 Å². The zero-order valence-corrected chi connectivity index (χ0v) is 20.5. The molecule has 2 fully saturated rings. The highest BCUT2D eigenvalue weighted by molar-refractivity contribution is 7.89. The third-order valence-electron chi connectivity index (χ3n) is 6.72. The fourth-order valence-corrected chi connectivity index (χ4v) is 5.79. The van der Waals surface area contributed by atoms with Gasteiger partial charge in [-0.15, -0.1) is 0 Å². The molecule has 198 valence electrons. The van der Waals surface area contributed by atoms with Crippen LogP contribution in [0.2, 0.25) is 0 Å². The van der Waals surface area contributed by atoms with E-state index in [4.69, 9.17) is 4.74 Å². The van der Waals surface area contributed by atoms with Crippen molar-refractivity contribution < 1.29 is 36.5 Å². The lowest BCUT2D eigenvalue weighted by Gasteiger charge is -2.41. The SMILES string of the molecule is Cc1ccc(S(=O)(=O)NCC2OC(CO)C(O)C2N2CCN(c3cccc(C(F)(F)F)c3)CC2)cc1. The van der Waals surface area contributed by atoms with Crippen LogP contribution in [0.25, 0.3) is 0 Å². The Morgan fingerprint density at radius 3 is 2.33 bits per heavy atom. The molecule has 12 heteroatoms. The number of aliphatic hydroxyl groups is 2. The molecule has 0 aromatic heterocycles. The van der Waals surface area contributed by atoms with E-state index in [1.807, 2.05) is 16.7 Å². The smallest absolute Gasteiger partial charge is 0.394 e. The Bertz CT molecular complexity index is 1140. The summed E-state index contributed by atoms with van der Waals surface area (Å²) in [4.78, 5) is 3.89. The van der Waals surface area contributed by atoms with Gasteiger partial charge in [-0.3, -0.25) is 4.90 Å². The molecule has 0 amide bonds. The minimum absolute atomic E-state index is 0.108. The Hall–Kier alpha value is -2.22. The Morgan fingerprint density at radius 1 is 1.06 bits per heavy atom.